The van der Waals surface area contributed by atoms with Gasteiger partial charge in [-0.25, -0.2) is 8.42 Å². The lowest BCUT2D eigenvalue weighted by molar-refractivity contribution is -0.120. The van der Waals surface area contributed by atoms with Gasteiger partial charge in [-0.2, -0.15) is 9.29 Å². The summed E-state index contributed by atoms with van der Waals surface area (Å²) >= 11 is 1.21. The second kappa shape index (κ2) is 8.05. The lowest BCUT2D eigenvalue weighted by Crippen LogP contribution is -2.41. The van der Waals surface area contributed by atoms with Gasteiger partial charge in [0, 0.05) is 31.5 Å². The molecule has 4 rings (SSSR count). The molecule has 0 spiro atoms. The van der Waals surface area contributed by atoms with E-state index in [4.69, 9.17) is 4.52 Å². The van der Waals surface area contributed by atoms with E-state index >= 15 is 0 Å². The minimum atomic E-state index is -3.47. The number of hydrogen-bond acceptors (Lipinski definition) is 7. The average molecular weight is 433 g/mol. The van der Waals surface area contributed by atoms with Gasteiger partial charge in [0.1, 0.15) is 4.21 Å². The standard InChI is InChI=1S/C19H20N4O4S2/c1-13-20-18(22-27-13)15-5-2-3-6-16(15)21-19(24)14-8-10-23(11-9-14)29(25,26)17-7-4-12-28-17/h2-7,12,14H,8-11H2,1H3,(H,21,24). The highest BCUT2D eigenvalue weighted by molar-refractivity contribution is 7.91. The van der Waals surface area contributed by atoms with Crippen molar-refractivity contribution in [2.45, 2.75) is 24.0 Å². The Bertz CT molecular complexity index is 1100. The van der Waals surface area contributed by atoms with Gasteiger partial charge in [0.2, 0.25) is 17.6 Å². The Balaban J connectivity index is 1.43. The Morgan fingerprint density at radius 3 is 2.62 bits per heavy atom. The maximum atomic E-state index is 12.8. The van der Waals surface area contributed by atoms with Crippen LogP contribution in [0.15, 0.2) is 50.5 Å². The molecule has 10 heteroatoms. The Labute approximate surface area is 172 Å². The normalized spacial score (nSPS) is 16.0. The highest BCUT2D eigenvalue weighted by atomic mass is 32.2. The molecule has 0 unspecified atom stereocenters. The van der Waals surface area contributed by atoms with E-state index < -0.39 is 10.0 Å². The first-order valence-corrected chi connectivity index (χ1v) is 11.5. The fraction of sp³-hybridized carbons (Fsp3) is 0.316. The van der Waals surface area contributed by atoms with Crippen LogP contribution in [0, 0.1) is 12.8 Å². The first kappa shape index (κ1) is 19.7. The summed E-state index contributed by atoms with van der Waals surface area (Å²) in [7, 11) is -3.47. The van der Waals surface area contributed by atoms with Crippen molar-refractivity contribution in [3.63, 3.8) is 0 Å². The topological polar surface area (TPSA) is 105 Å². The predicted molar refractivity (Wildman–Crippen MR) is 109 cm³/mol. The van der Waals surface area contributed by atoms with Crippen LogP contribution in [-0.4, -0.2) is 41.9 Å². The van der Waals surface area contributed by atoms with Gasteiger partial charge in [-0.05, 0) is 36.4 Å². The Hall–Kier alpha value is -2.56. The molecule has 1 aliphatic rings. The van der Waals surface area contributed by atoms with Crippen LogP contribution in [0.3, 0.4) is 0 Å². The number of thiophene rings is 1. The van der Waals surface area contributed by atoms with Crippen LogP contribution in [-0.2, 0) is 14.8 Å². The first-order valence-electron chi connectivity index (χ1n) is 9.19. The summed E-state index contributed by atoms with van der Waals surface area (Å²) in [4.78, 5) is 17.0. The minimum Gasteiger partial charge on any atom is -0.339 e. The molecule has 1 amide bonds. The number of para-hydroxylation sites is 1. The van der Waals surface area contributed by atoms with Crippen molar-refractivity contribution >= 4 is 33.0 Å². The molecule has 3 heterocycles. The quantitative estimate of drug-likeness (QED) is 0.664. The third kappa shape index (κ3) is 4.09. The number of carbonyl (C=O) groups is 1. The molecule has 0 bridgehead atoms. The monoisotopic (exact) mass is 432 g/mol. The molecule has 1 aliphatic heterocycles. The lowest BCUT2D eigenvalue weighted by Gasteiger charge is -2.30. The van der Waals surface area contributed by atoms with Crippen LogP contribution in [0.2, 0.25) is 0 Å². The van der Waals surface area contributed by atoms with E-state index in [2.05, 4.69) is 15.5 Å². The number of piperidine rings is 1. The molecule has 0 aliphatic carbocycles. The lowest BCUT2D eigenvalue weighted by atomic mass is 9.97. The van der Waals surface area contributed by atoms with Crippen LogP contribution in [0.5, 0.6) is 0 Å². The number of benzene rings is 1. The molecule has 29 heavy (non-hydrogen) atoms. The molecule has 1 N–H and O–H groups in total. The highest BCUT2D eigenvalue weighted by Gasteiger charge is 2.32. The van der Waals surface area contributed by atoms with Gasteiger partial charge in [-0.15, -0.1) is 11.3 Å². The van der Waals surface area contributed by atoms with E-state index in [1.165, 1.54) is 15.6 Å². The zero-order valence-electron chi connectivity index (χ0n) is 15.7. The SMILES string of the molecule is Cc1nc(-c2ccccc2NC(=O)C2CCN(S(=O)(=O)c3cccs3)CC2)no1. The van der Waals surface area contributed by atoms with Crippen LogP contribution in [0.1, 0.15) is 18.7 Å². The fourth-order valence-corrected chi connectivity index (χ4v) is 5.94. The Morgan fingerprint density at radius 2 is 1.97 bits per heavy atom. The number of nitrogens with zero attached hydrogens (tertiary/aromatic N) is 3. The number of amides is 1. The van der Waals surface area contributed by atoms with E-state index in [-0.39, 0.29) is 11.8 Å². The zero-order valence-corrected chi connectivity index (χ0v) is 17.4. The van der Waals surface area contributed by atoms with Gasteiger partial charge in [0.05, 0.1) is 5.69 Å². The number of carbonyl (C=O) groups excluding carboxylic acids is 1. The summed E-state index contributed by atoms with van der Waals surface area (Å²) in [6.45, 7) is 2.35. The van der Waals surface area contributed by atoms with E-state index in [9.17, 15) is 13.2 Å². The zero-order chi connectivity index (χ0) is 20.4. The molecule has 152 valence electrons. The van der Waals surface area contributed by atoms with Crippen LogP contribution < -0.4 is 5.32 Å². The van der Waals surface area contributed by atoms with Crippen LogP contribution >= 0.6 is 11.3 Å². The minimum absolute atomic E-state index is 0.133. The summed E-state index contributed by atoms with van der Waals surface area (Å²) < 4.78 is 32.1. The van der Waals surface area contributed by atoms with Crippen molar-refractivity contribution in [1.29, 1.82) is 0 Å². The first-order chi connectivity index (χ1) is 13.9. The number of aromatic nitrogens is 2. The van der Waals surface area contributed by atoms with Crippen molar-refractivity contribution in [1.82, 2.24) is 14.4 Å². The maximum absolute atomic E-state index is 12.8. The average Bonchev–Trinajstić information content (AvgIpc) is 3.41. The van der Waals surface area contributed by atoms with Crippen molar-refractivity contribution in [2.24, 2.45) is 5.92 Å². The van der Waals surface area contributed by atoms with E-state index in [1.807, 2.05) is 18.2 Å². The Kier molecular flexibility index (Phi) is 5.48. The molecule has 1 fully saturated rings. The molecular weight excluding hydrogens is 412 g/mol. The summed E-state index contributed by atoms with van der Waals surface area (Å²) in [5, 5.41) is 8.61. The number of anilines is 1. The van der Waals surface area contributed by atoms with Crippen molar-refractivity contribution in [3.05, 3.63) is 47.7 Å². The van der Waals surface area contributed by atoms with Gasteiger partial charge in [-0.3, -0.25) is 4.79 Å². The predicted octanol–water partition coefficient (Wildman–Crippen LogP) is 3.15. The molecule has 0 saturated carbocycles. The van der Waals surface area contributed by atoms with E-state index in [0.29, 0.717) is 53.1 Å². The number of hydrogen-bond donors (Lipinski definition) is 1. The van der Waals surface area contributed by atoms with Crippen LogP contribution in [0.25, 0.3) is 11.4 Å². The third-order valence-corrected chi connectivity index (χ3v) is 8.14. The summed E-state index contributed by atoms with van der Waals surface area (Å²) in [6, 6.07) is 10.6. The molecule has 0 radical (unpaired) electrons. The van der Waals surface area contributed by atoms with Gasteiger partial charge in [-0.1, -0.05) is 23.4 Å². The molecule has 0 atom stereocenters. The largest absolute Gasteiger partial charge is 0.339 e. The second-order valence-corrected chi connectivity index (χ2v) is 9.89. The summed E-state index contributed by atoms with van der Waals surface area (Å²) in [5.41, 5.74) is 1.28. The van der Waals surface area contributed by atoms with Gasteiger partial charge in [0.15, 0.2) is 0 Å². The molecule has 3 aromatic rings. The maximum Gasteiger partial charge on any atom is 0.252 e. The summed E-state index contributed by atoms with van der Waals surface area (Å²) in [6.07, 6.45) is 0.944. The Morgan fingerprint density at radius 1 is 1.21 bits per heavy atom. The fourth-order valence-electron chi connectivity index (χ4n) is 3.33. The second-order valence-electron chi connectivity index (χ2n) is 6.78. The number of aryl methyl sites for hydroxylation is 1. The highest BCUT2D eigenvalue weighted by Crippen LogP contribution is 2.29. The van der Waals surface area contributed by atoms with E-state index in [0.717, 1.165) is 0 Å². The van der Waals surface area contributed by atoms with E-state index in [1.54, 1.807) is 30.5 Å². The van der Waals surface area contributed by atoms with Crippen LogP contribution in [0.4, 0.5) is 5.69 Å². The van der Waals surface area contributed by atoms with Crippen molar-refractivity contribution in [2.75, 3.05) is 18.4 Å². The van der Waals surface area contributed by atoms with Gasteiger partial charge in [0.25, 0.3) is 10.0 Å². The number of sulfonamides is 1. The molecular formula is C19H20N4O4S2. The molecule has 2 aromatic heterocycles. The molecule has 1 aromatic carbocycles. The number of nitrogens with one attached hydrogen (secondary N) is 1. The van der Waals surface area contributed by atoms with Gasteiger partial charge >= 0.3 is 0 Å². The van der Waals surface area contributed by atoms with Crippen molar-refractivity contribution < 1.29 is 17.7 Å². The van der Waals surface area contributed by atoms with Crippen molar-refractivity contribution in [3.8, 4) is 11.4 Å². The molecule has 8 nitrogen and oxygen atoms in total. The molecule has 1 saturated heterocycles. The smallest absolute Gasteiger partial charge is 0.252 e. The number of rotatable bonds is 5. The third-order valence-electron chi connectivity index (χ3n) is 4.87. The summed E-state index contributed by atoms with van der Waals surface area (Å²) in [5.74, 6) is 0.464. The van der Waals surface area contributed by atoms with Gasteiger partial charge < -0.3 is 9.84 Å².